The summed E-state index contributed by atoms with van der Waals surface area (Å²) in [5.41, 5.74) is -0.203. The van der Waals surface area contributed by atoms with Gasteiger partial charge in [0.1, 0.15) is 0 Å². The Morgan fingerprint density at radius 1 is 1.47 bits per heavy atom. The molecule has 0 radical (unpaired) electrons. The molecule has 0 unspecified atom stereocenters. The molecule has 0 aliphatic rings. The summed E-state index contributed by atoms with van der Waals surface area (Å²) in [6.45, 7) is 2.20. The van der Waals surface area contributed by atoms with Crippen molar-refractivity contribution in [3.63, 3.8) is 0 Å². The number of hydrogen-bond donors (Lipinski definition) is 1. The first kappa shape index (κ1) is 11.2. The molecule has 80 valence electrons. The third kappa shape index (κ3) is 3.09. The third-order valence-corrected chi connectivity index (χ3v) is 2.13. The van der Waals surface area contributed by atoms with Gasteiger partial charge in [-0.25, -0.2) is 4.79 Å². The zero-order valence-corrected chi connectivity index (χ0v) is 8.62. The normalized spacial score (nSPS) is 9.87. The lowest BCUT2D eigenvalue weighted by molar-refractivity contribution is 0.582. The lowest BCUT2D eigenvalue weighted by atomic mass is 10.2. The SMILES string of the molecule is Cc1cn(CCCCC#N)c(=O)[nH]c1=O. The summed E-state index contributed by atoms with van der Waals surface area (Å²) in [5, 5.41) is 8.33. The summed E-state index contributed by atoms with van der Waals surface area (Å²) >= 11 is 0. The number of nitrogens with one attached hydrogen (secondary N) is 1. The maximum atomic E-state index is 11.3. The molecule has 15 heavy (non-hydrogen) atoms. The van der Waals surface area contributed by atoms with Crippen molar-refractivity contribution in [2.24, 2.45) is 0 Å². The van der Waals surface area contributed by atoms with Gasteiger partial charge in [-0.2, -0.15) is 5.26 Å². The molecule has 0 saturated carbocycles. The molecule has 5 nitrogen and oxygen atoms in total. The molecule has 1 N–H and O–H groups in total. The summed E-state index contributed by atoms with van der Waals surface area (Å²) in [7, 11) is 0. The summed E-state index contributed by atoms with van der Waals surface area (Å²) in [5.74, 6) is 0. The topological polar surface area (TPSA) is 78.7 Å². The maximum absolute atomic E-state index is 11.3. The molecule has 0 spiro atoms. The van der Waals surface area contributed by atoms with Crippen LogP contribution in [-0.4, -0.2) is 9.55 Å². The van der Waals surface area contributed by atoms with Gasteiger partial charge in [0.05, 0.1) is 6.07 Å². The second-order valence-electron chi connectivity index (χ2n) is 3.38. The van der Waals surface area contributed by atoms with E-state index in [0.717, 1.165) is 12.8 Å². The van der Waals surface area contributed by atoms with E-state index < -0.39 is 0 Å². The van der Waals surface area contributed by atoms with Gasteiger partial charge in [-0.1, -0.05) is 0 Å². The van der Waals surface area contributed by atoms with E-state index in [-0.39, 0.29) is 11.2 Å². The zero-order chi connectivity index (χ0) is 11.3. The Kier molecular flexibility index (Phi) is 3.86. The fraction of sp³-hybridized carbons (Fsp3) is 0.500. The van der Waals surface area contributed by atoms with E-state index >= 15 is 0 Å². The van der Waals surface area contributed by atoms with Crippen LogP contribution < -0.4 is 11.2 Å². The Morgan fingerprint density at radius 2 is 2.20 bits per heavy atom. The van der Waals surface area contributed by atoms with Crippen LogP contribution in [0.4, 0.5) is 0 Å². The molecular weight excluding hydrogens is 194 g/mol. The zero-order valence-electron chi connectivity index (χ0n) is 8.62. The molecule has 0 amide bonds. The number of H-pyrrole nitrogens is 1. The van der Waals surface area contributed by atoms with Crippen molar-refractivity contribution >= 4 is 0 Å². The van der Waals surface area contributed by atoms with Crippen molar-refractivity contribution in [2.75, 3.05) is 0 Å². The van der Waals surface area contributed by atoms with Crippen molar-refractivity contribution in [1.82, 2.24) is 9.55 Å². The molecule has 1 heterocycles. The van der Waals surface area contributed by atoms with Gasteiger partial charge in [0, 0.05) is 24.7 Å². The van der Waals surface area contributed by atoms with Crippen molar-refractivity contribution in [3.05, 3.63) is 32.6 Å². The minimum Gasteiger partial charge on any atom is -0.300 e. The highest BCUT2D eigenvalue weighted by Gasteiger charge is 1.99. The minimum atomic E-state index is -0.387. The van der Waals surface area contributed by atoms with Crippen molar-refractivity contribution in [3.8, 4) is 6.07 Å². The average molecular weight is 207 g/mol. The Bertz CT molecular complexity index is 479. The summed E-state index contributed by atoms with van der Waals surface area (Å²) < 4.78 is 1.47. The van der Waals surface area contributed by atoms with E-state index in [9.17, 15) is 9.59 Å². The largest absolute Gasteiger partial charge is 0.328 e. The van der Waals surface area contributed by atoms with Crippen molar-refractivity contribution in [2.45, 2.75) is 32.7 Å². The molecule has 1 rings (SSSR count). The average Bonchev–Trinajstić information content (AvgIpc) is 2.20. The molecule has 0 atom stereocenters. The van der Waals surface area contributed by atoms with Gasteiger partial charge in [0.15, 0.2) is 0 Å². The predicted octanol–water partition coefficient (Wildman–Crippen LogP) is 0.539. The van der Waals surface area contributed by atoms with Gasteiger partial charge in [-0.3, -0.25) is 9.78 Å². The molecule has 5 heteroatoms. The van der Waals surface area contributed by atoms with Crippen molar-refractivity contribution in [1.29, 1.82) is 5.26 Å². The number of nitriles is 1. The smallest absolute Gasteiger partial charge is 0.300 e. The van der Waals surface area contributed by atoms with Crippen LogP contribution >= 0.6 is 0 Å². The van der Waals surface area contributed by atoms with Gasteiger partial charge in [0.2, 0.25) is 0 Å². The molecular formula is C10H13N3O2. The Labute approximate surface area is 87.0 Å². The van der Waals surface area contributed by atoms with Crippen LogP contribution in [0.5, 0.6) is 0 Å². The van der Waals surface area contributed by atoms with Gasteiger partial charge in [-0.15, -0.1) is 0 Å². The quantitative estimate of drug-likeness (QED) is 0.732. The van der Waals surface area contributed by atoms with Crippen LogP contribution in [0.15, 0.2) is 15.8 Å². The Balaban J connectivity index is 2.71. The lowest BCUT2D eigenvalue weighted by Gasteiger charge is -2.04. The van der Waals surface area contributed by atoms with Crippen LogP contribution in [-0.2, 0) is 6.54 Å². The van der Waals surface area contributed by atoms with E-state index in [4.69, 9.17) is 5.26 Å². The number of hydrogen-bond acceptors (Lipinski definition) is 3. The standard InChI is InChI=1S/C10H13N3O2/c1-8-7-13(6-4-2-3-5-11)10(15)12-9(8)14/h7H,2-4,6H2,1H3,(H,12,14,15). The van der Waals surface area contributed by atoms with E-state index in [2.05, 4.69) is 4.98 Å². The fourth-order valence-electron chi connectivity index (χ4n) is 1.27. The van der Waals surface area contributed by atoms with Gasteiger partial charge in [0.25, 0.3) is 5.56 Å². The summed E-state index contributed by atoms with van der Waals surface area (Å²) in [6, 6.07) is 2.04. The van der Waals surface area contributed by atoms with Crippen LogP contribution in [0.1, 0.15) is 24.8 Å². The molecule has 0 aliphatic heterocycles. The first-order chi connectivity index (χ1) is 7.15. The van der Waals surface area contributed by atoms with Gasteiger partial charge < -0.3 is 4.57 Å². The molecule has 0 bridgehead atoms. The molecule has 0 saturated heterocycles. The highest BCUT2D eigenvalue weighted by molar-refractivity contribution is 5.00. The van der Waals surface area contributed by atoms with Crippen LogP contribution in [0, 0.1) is 18.3 Å². The number of aryl methyl sites for hydroxylation is 2. The Morgan fingerprint density at radius 3 is 2.87 bits per heavy atom. The molecule has 1 aromatic rings. The number of aromatic nitrogens is 2. The second kappa shape index (κ2) is 5.15. The van der Waals surface area contributed by atoms with Gasteiger partial charge in [-0.05, 0) is 19.8 Å². The third-order valence-electron chi connectivity index (χ3n) is 2.13. The minimum absolute atomic E-state index is 0.340. The molecule has 0 fully saturated rings. The van der Waals surface area contributed by atoms with Crippen LogP contribution in [0.3, 0.4) is 0 Å². The predicted molar refractivity (Wildman–Crippen MR) is 55.5 cm³/mol. The number of nitrogens with zero attached hydrogens (tertiary/aromatic N) is 2. The lowest BCUT2D eigenvalue weighted by Crippen LogP contribution is -2.30. The number of unbranched alkanes of at least 4 members (excludes halogenated alkanes) is 2. The highest BCUT2D eigenvalue weighted by atomic mass is 16.2. The Hall–Kier alpha value is -1.83. The van der Waals surface area contributed by atoms with Crippen molar-refractivity contribution < 1.29 is 0 Å². The summed E-state index contributed by atoms with van der Waals surface area (Å²) in [4.78, 5) is 24.6. The number of rotatable bonds is 4. The van der Waals surface area contributed by atoms with E-state index in [1.807, 2.05) is 6.07 Å². The fourth-order valence-corrected chi connectivity index (χ4v) is 1.27. The first-order valence-corrected chi connectivity index (χ1v) is 4.82. The van der Waals surface area contributed by atoms with Crippen LogP contribution in [0.2, 0.25) is 0 Å². The molecule has 0 aliphatic carbocycles. The van der Waals surface area contributed by atoms with E-state index in [0.29, 0.717) is 18.5 Å². The second-order valence-corrected chi connectivity index (χ2v) is 3.38. The first-order valence-electron chi connectivity index (χ1n) is 4.82. The van der Waals surface area contributed by atoms with Gasteiger partial charge >= 0.3 is 5.69 Å². The highest BCUT2D eigenvalue weighted by Crippen LogP contribution is 1.96. The van der Waals surface area contributed by atoms with E-state index in [1.54, 1.807) is 13.1 Å². The molecule has 0 aromatic carbocycles. The monoisotopic (exact) mass is 207 g/mol. The molecule has 1 aromatic heterocycles. The van der Waals surface area contributed by atoms with E-state index in [1.165, 1.54) is 4.57 Å². The van der Waals surface area contributed by atoms with Crippen LogP contribution in [0.25, 0.3) is 0 Å². The maximum Gasteiger partial charge on any atom is 0.328 e. The number of aromatic amines is 1. The summed E-state index contributed by atoms with van der Waals surface area (Å²) in [6.07, 6.45) is 3.57.